The molecule has 1 aliphatic heterocycles. The molecule has 3 heterocycles. The summed E-state index contributed by atoms with van der Waals surface area (Å²) in [4.78, 5) is 64.1. The minimum absolute atomic E-state index is 0. The summed E-state index contributed by atoms with van der Waals surface area (Å²) < 4.78 is 135. The third-order valence-electron chi connectivity index (χ3n) is 10.8. The van der Waals surface area contributed by atoms with Crippen molar-refractivity contribution in [3.8, 4) is 11.5 Å². The van der Waals surface area contributed by atoms with Crippen LogP contribution in [0.4, 0.5) is 35.1 Å². The third-order valence-corrected chi connectivity index (χ3v) is 15.5. The minimum atomic E-state index is -4.93. The van der Waals surface area contributed by atoms with E-state index in [0.717, 1.165) is 47.7 Å². The number of carbonyl (C=O) groups excluding carboxylic acids is 5. The summed E-state index contributed by atoms with van der Waals surface area (Å²) in [5.41, 5.74) is 0.666. The summed E-state index contributed by atoms with van der Waals surface area (Å²) in [5.74, 6) is -8.79. The van der Waals surface area contributed by atoms with Crippen molar-refractivity contribution in [3.05, 3.63) is 166 Å². The number of aromatic amines is 2. The third kappa shape index (κ3) is 14.4. The number of hydrogen-bond donors (Lipinski definition) is 4. The number of ether oxygens (including phenoxy) is 4. The molecule has 0 unspecified atom stereocenters. The molecule has 8 rings (SSSR count). The van der Waals surface area contributed by atoms with Crippen molar-refractivity contribution >= 4 is 71.8 Å². The number of H-pyrrole nitrogens is 2. The van der Waals surface area contributed by atoms with Gasteiger partial charge >= 0.3 is 160 Å². The maximum absolute atomic E-state index is 15.3. The van der Waals surface area contributed by atoms with Crippen LogP contribution in [0.3, 0.4) is 0 Å². The Kier molecular flexibility index (Phi) is 20.2. The molecule has 14 nitrogen and oxygen atoms in total. The van der Waals surface area contributed by atoms with Gasteiger partial charge in [-0.3, -0.25) is 9.59 Å². The van der Waals surface area contributed by atoms with Gasteiger partial charge in [0.05, 0.1) is 13.2 Å². The molecule has 77 heavy (non-hydrogen) atoms. The van der Waals surface area contributed by atoms with Crippen molar-refractivity contribution in [3.63, 3.8) is 0 Å². The molecule has 0 saturated carbocycles. The standard InChI is InChI=1S/C23H22F4N2O4.C15H9F4IO3.C15H18N2O3.CH4/c1-3-32-21(31)19(28-14(2)30)13-17-16-11-7-8-12-18(16)29-20(17)22(24,25)23(26,27)33-15-9-5-4-6-10-15;16-14(17,15(18,19)22-10-6-2-1-3-7-10)20-12-9-5-4-8-11(12)13(21)23-20;1-3-20-15(19)14(17-10(2)18)8-11-9-16-13-7-5-4-6-12(11)13;/h4-12,19,29H,3,13H2,1-2H3,(H,28,30);1-9H;4-7,9,14,16H,3,8H2,1-2H3,(H,17,18);1H4/t19-;;14-;/m0.0./s1. The van der Waals surface area contributed by atoms with Crippen LogP contribution < -0.4 is 20.1 Å². The van der Waals surface area contributed by atoms with Crippen LogP contribution in [-0.4, -0.2) is 81.1 Å². The van der Waals surface area contributed by atoms with E-state index in [1.165, 1.54) is 92.7 Å². The summed E-state index contributed by atoms with van der Waals surface area (Å²) in [6.07, 6.45) is -7.97. The zero-order chi connectivity index (χ0) is 55.4. The number of amides is 2. The molecule has 4 N–H and O–H groups in total. The van der Waals surface area contributed by atoms with E-state index in [1.807, 2.05) is 30.5 Å². The zero-order valence-corrected chi connectivity index (χ0v) is 42.9. The topological polar surface area (TPSA) is 187 Å². The average molecular weight is 1200 g/mol. The molecule has 2 aromatic heterocycles. The number of para-hydroxylation sites is 4. The van der Waals surface area contributed by atoms with Crippen molar-refractivity contribution in [2.45, 2.75) is 82.1 Å². The predicted molar refractivity (Wildman–Crippen MR) is 277 cm³/mol. The van der Waals surface area contributed by atoms with Crippen molar-refractivity contribution in [2.75, 3.05) is 13.2 Å². The molecule has 1 aliphatic rings. The maximum atomic E-state index is 15.3. The number of carbonyl (C=O) groups is 5. The van der Waals surface area contributed by atoms with E-state index >= 15 is 8.78 Å². The first-order chi connectivity index (χ1) is 36.0. The molecule has 0 saturated heterocycles. The first-order valence-electron chi connectivity index (χ1n) is 23.0. The predicted octanol–water partition coefficient (Wildman–Crippen LogP) is 11.7. The van der Waals surface area contributed by atoms with Gasteiger partial charge < -0.3 is 34.8 Å². The van der Waals surface area contributed by atoms with Gasteiger partial charge in [-0.1, -0.05) is 62.0 Å². The van der Waals surface area contributed by atoms with Gasteiger partial charge in [-0.2, -0.15) is 17.6 Å². The molecule has 2 amide bonds. The van der Waals surface area contributed by atoms with E-state index in [0.29, 0.717) is 13.0 Å². The molecule has 23 heteroatoms. The molecule has 0 radical (unpaired) electrons. The fourth-order valence-electron chi connectivity index (χ4n) is 7.51. The molecule has 0 spiro atoms. The van der Waals surface area contributed by atoms with Crippen molar-refractivity contribution in [1.82, 2.24) is 20.6 Å². The summed E-state index contributed by atoms with van der Waals surface area (Å²) >= 11 is -4.28. The normalized spacial score (nSPS) is 13.5. The second-order valence-corrected chi connectivity index (χ2v) is 20.7. The van der Waals surface area contributed by atoms with Crippen LogP contribution in [0.2, 0.25) is 0 Å². The van der Waals surface area contributed by atoms with Crippen LogP contribution in [0.5, 0.6) is 11.5 Å². The molecule has 7 aromatic rings. The van der Waals surface area contributed by atoms with Crippen LogP contribution in [0.1, 0.15) is 62.3 Å². The number of halogens is 9. The van der Waals surface area contributed by atoms with Crippen LogP contribution in [-0.2, 0) is 50.5 Å². The van der Waals surface area contributed by atoms with Gasteiger partial charge in [0.25, 0.3) is 0 Å². The molecule has 0 aliphatic carbocycles. The Balaban J connectivity index is 0.000000220. The molecule has 2 atom stereocenters. The molecule has 0 bridgehead atoms. The van der Waals surface area contributed by atoms with Crippen LogP contribution in [0.25, 0.3) is 21.8 Å². The van der Waals surface area contributed by atoms with Gasteiger partial charge in [-0.05, 0) is 49.2 Å². The Labute approximate surface area is 444 Å². The number of hydrogen-bond acceptors (Lipinski definition) is 10. The molecular formula is C54H53F8IN4O10. The Morgan fingerprint density at radius 3 is 1.62 bits per heavy atom. The van der Waals surface area contributed by atoms with E-state index in [1.54, 1.807) is 13.0 Å². The van der Waals surface area contributed by atoms with Gasteiger partial charge in [0.2, 0.25) is 11.8 Å². The van der Waals surface area contributed by atoms with Gasteiger partial charge in [0, 0.05) is 54.7 Å². The van der Waals surface area contributed by atoms with E-state index < -0.39 is 102 Å². The number of fused-ring (bicyclic) bond motifs is 3. The van der Waals surface area contributed by atoms with Crippen LogP contribution in [0.15, 0.2) is 140 Å². The summed E-state index contributed by atoms with van der Waals surface area (Å²) in [7, 11) is 0. The quantitative estimate of drug-likeness (QED) is 0.0279. The molecular weight excluding hydrogens is 1140 g/mol. The number of rotatable bonds is 18. The SMILES string of the molecule is C.CCOC(=O)[C@H](Cc1c(C(F)(F)C(F)(F)Oc2ccccc2)[nH]c2ccccc12)NC(C)=O.CCOC(=O)[C@H](Cc1c[nH]c2ccccc12)NC(C)=O.O=C1OI(C(F)(F)C(F)(F)Oc2ccccc2)c2ccccc21. The first-order valence-corrected chi connectivity index (χ1v) is 26.1. The van der Waals surface area contributed by atoms with Crippen molar-refractivity contribution < 1.29 is 81.1 Å². The summed E-state index contributed by atoms with van der Waals surface area (Å²) in [5, 5.41) is 6.22. The fourth-order valence-corrected chi connectivity index (χ4v) is 11.5. The fraction of sp³-hybridized carbons (Fsp3) is 0.278. The van der Waals surface area contributed by atoms with E-state index in [-0.39, 0.29) is 45.5 Å². The van der Waals surface area contributed by atoms with Gasteiger partial charge in [-0.25, -0.2) is 9.59 Å². The van der Waals surface area contributed by atoms with E-state index in [4.69, 9.17) is 9.47 Å². The Morgan fingerprint density at radius 2 is 1.08 bits per heavy atom. The van der Waals surface area contributed by atoms with Crippen molar-refractivity contribution in [1.29, 1.82) is 0 Å². The zero-order valence-electron chi connectivity index (χ0n) is 40.7. The van der Waals surface area contributed by atoms with E-state index in [2.05, 4.69) is 33.1 Å². The van der Waals surface area contributed by atoms with Crippen LogP contribution in [0, 0.1) is 3.57 Å². The molecule has 5 aromatic carbocycles. The number of aromatic nitrogens is 2. The summed E-state index contributed by atoms with van der Waals surface area (Å²) in [6.45, 7) is 6.09. The number of alkyl halides is 9. The van der Waals surface area contributed by atoms with Crippen LogP contribution >= 0.6 is 20.2 Å². The van der Waals surface area contributed by atoms with Crippen molar-refractivity contribution in [2.24, 2.45) is 0 Å². The number of esters is 2. The average Bonchev–Trinajstić information content (AvgIpc) is 4.11. The Morgan fingerprint density at radius 1 is 0.610 bits per heavy atom. The Bertz CT molecular complexity index is 3140. The van der Waals surface area contributed by atoms with Gasteiger partial charge in [0.1, 0.15) is 23.5 Å². The van der Waals surface area contributed by atoms with E-state index in [9.17, 15) is 50.3 Å². The first kappa shape index (κ1) is 60.2. The van der Waals surface area contributed by atoms with Gasteiger partial charge in [0.15, 0.2) is 0 Å². The molecule has 0 fully saturated rings. The monoisotopic (exact) mass is 1200 g/mol. The van der Waals surface area contributed by atoms with Gasteiger partial charge in [-0.15, -0.1) is 0 Å². The number of nitrogens with one attached hydrogen (secondary N) is 4. The second-order valence-electron chi connectivity index (χ2n) is 16.3. The number of benzene rings is 5. The summed E-state index contributed by atoms with van der Waals surface area (Å²) in [6, 6.07) is 30.2. The Hall–Kier alpha value is -7.70. The second kappa shape index (κ2) is 25.9. The molecule has 412 valence electrons.